The smallest absolute Gasteiger partial charge is 0.337 e. The second-order valence-corrected chi connectivity index (χ2v) is 2.53. The Morgan fingerprint density at radius 3 is 3.09 bits per heavy atom. The molecule has 0 atom stereocenters. The molecule has 0 radical (unpaired) electrons. The number of rotatable bonds is 2. The highest BCUT2D eigenvalue weighted by Gasteiger charge is 2.08. The highest BCUT2D eigenvalue weighted by molar-refractivity contribution is 7.14. The molecule has 0 unspecified atom stereocenters. The summed E-state index contributed by atoms with van der Waals surface area (Å²) >= 11 is 1.10. The van der Waals surface area contributed by atoms with E-state index >= 15 is 0 Å². The minimum absolute atomic E-state index is 0.0489. The number of carbonyl (C=O) groups is 1. The Kier molecular flexibility index (Phi) is 2.10. The molecule has 1 N–H and O–H groups in total. The first kappa shape index (κ1) is 7.59. The van der Waals surface area contributed by atoms with E-state index in [1.165, 1.54) is 6.07 Å². The standard InChI is InChI=1S/C5H3N3O2S/c6-8-7-4-3(5(9)10)1-2-11-4/h1-2H,(H,9,10). The van der Waals surface area contributed by atoms with Crippen molar-refractivity contribution in [1.82, 2.24) is 0 Å². The fourth-order valence-corrected chi connectivity index (χ4v) is 1.28. The Morgan fingerprint density at radius 2 is 2.55 bits per heavy atom. The molecule has 1 heterocycles. The van der Waals surface area contributed by atoms with Gasteiger partial charge in [0, 0.05) is 4.91 Å². The quantitative estimate of drug-likeness (QED) is 0.418. The first-order valence-electron chi connectivity index (χ1n) is 2.61. The number of azide groups is 1. The molecule has 0 saturated carbocycles. The summed E-state index contributed by atoms with van der Waals surface area (Å²) in [4.78, 5) is 12.9. The molecule has 0 spiro atoms. The Bertz CT molecular complexity index is 310. The predicted octanol–water partition coefficient (Wildman–Crippen LogP) is 2.39. The summed E-state index contributed by atoms with van der Waals surface area (Å²) in [5.41, 5.74) is 8.07. The average molecular weight is 169 g/mol. The lowest BCUT2D eigenvalue weighted by Gasteiger charge is -1.86. The number of hydrogen-bond acceptors (Lipinski definition) is 3. The molecular formula is C5H3N3O2S. The van der Waals surface area contributed by atoms with Gasteiger partial charge < -0.3 is 5.11 Å². The minimum Gasteiger partial charge on any atom is -0.478 e. The van der Waals surface area contributed by atoms with Crippen LogP contribution in [0.1, 0.15) is 10.4 Å². The van der Waals surface area contributed by atoms with Gasteiger partial charge in [-0.3, -0.25) is 0 Å². The normalized spacial score (nSPS) is 8.73. The molecular weight excluding hydrogens is 166 g/mol. The van der Waals surface area contributed by atoms with Crippen LogP contribution in [0.3, 0.4) is 0 Å². The van der Waals surface area contributed by atoms with Gasteiger partial charge in [-0.15, -0.1) is 11.3 Å². The van der Waals surface area contributed by atoms with Gasteiger partial charge in [-0.2, -0.15) is 0 Å². The average Bonchev–Trinajstić information content (AvgIpc) is 2.36. The maximum Gasteiger partial charge on any atom is 0.337 e. The van der Waals surface area contributed by atoms with E-state index in [1.807, 2.05) is 0 Å². The fraction of sp³-hybridized carbons (Fsp3) is 0. The number of thiophene rings is 1. The molecule has 1 aromatic rings. The number of aromatic carboxylic acids is 1. The van der Waals surface area contributed by atoms with E-state index in [1.54, 1.807) is 5.38 Å². The second-order valence-electron chi connectivity index (χ2n) is 1.63. The van der Waals surface area contributed by atoms with Crippen LogP contribution in [0.5, 0.6) is 0 Å². The van der Waals surface area contributed by atoms with Crippen molar-refractivity contribution in [2.45, 2.75) is 0 Å². The van der Waals surface area contributed by atoms with Crippen LogP contribution in [-0.2, 0) is 0 Å². The van der Waals surface area contributed by atoms with E-state index in [0.29, 0.717) is 0 Å². The van der Waals surface area contributed by atoms with E-state index in [9.17, 15) is 4.79 Å². The van der Waals surface area contributed by atoms with Crippen molar-refractivity contribution in [2.24, 2.45) is 5.11 Å². The molecule has 11 heavy (non-hydrogen) atoms. The molecule has 0 aliphatic rings. The van der Waals surface area contributed by atoms with Crippen molar-refractivity contribution >= 4 is 22.3 Å². The first-order chi connectivity index (χ1) is 5.25. The third-order valence-corrected chi connectivity index (χ3v) is 1.81. The van der Waals surface area contributed by atoms with E-state index in [0.717, 1.165) is 11.3 Å². The summed E-state index contributed by atoms with van der Waals surface area (Å²) in [7, 11) is 0. The van der Waals surface area contributed by atoms with Crippen molar-refractivity contribution < 1.29 is 9.90 Å². The lowest BCUT2D eigenvalue weighted by Crippen LogP contribution is -1.92. The van der Waals surface area contributed by atoms with Crippen molar-refractivity contribution in [1.29, 1.82) is 0 Å². The molecule has 0 bridgehead atoms. The molecule has 1 aromatic heterocycles. The first-order valence-corrected chi connectivity index (χ1v) is 3.49. The number of carboxylic acid groups (broad SMARTS) is 1. The summed E-state index contributed by atoms with van der Waals surface area (Å²) in [6.07, 6.45) is 0. The van der Waals surface area contributed by atoms with Gasteiger partial charge in [0.1, 0.15) is 5.00 Å². The molecule has 0 aromatic carbocycles. The maximum absolute atomic E-state index is 10.4. The Hall–Kier alpha value is -1.52. The van der Waals surface area contributed by atoms with Crippen molar-refractivity contribution in [2.75, 3.05) is 0 Å². The molecule has 0 fully saturated rings. The van der Waals surface area contributed by atoms with Crippen LogP contribution >= 0.6 is 11.3 Å². The number of nitrogens with zero attached hydrogens (tertiary/aromatic N) is 3. The number of carboxylic acids is 1. The molecule has 0 amide bonds. The lowest BCUT2D eigenvalue weighted by atomic mass is 10.3. The van der Waals surface area contributed by atoms with E-state index < -0.39 is 5.97 Å². The third-order valence-electron chi connectivity index (χ3n) is 1.01. The zero-order valence-corrected chi connectivity index (χ0v) is 6.08. The van der Waals surface area contributed by atoms with E-state index in [2.05, 4.69) is 10.0 Å². The van der Waals surface area contributed by atoms with Crippen molar-refractivity contribution in [3.63, 3.8) is 0 Å². The zero-order chi connectivity index (χ0) is 8.27. The number of hydrogen-bond donors (Lipinski definition) is 1. The van der Waals surface area contributed by atoms with Crippen LogP contribution in [-0.4, -0.2) is 11.1 Å². The molecule has 6 heteroatoms. The summed E-state index contributed by atoms with van der Waals surface area (Å²) in [5.74, 6) is -1.08. The van der Waals surface area contributed by atoms with Crippen molar-refractivity contribution in [3.8, 4) is 0 Å². The molecule has 0 saturated heterocycles. The van der Waals surface area contributed by atoms with Gasteiger partial charge in [-0.05, 0) is 22.1 Å². The summed E-state index contributed by atoms with van der Waals surface area (Å²) in [5, 5.41) is 13.5. The van der Waals surface area contributed by atoms with Gasteiger partial charge in [-0.25, -0.2) is 4.79 Å². The maximum atomic E-state index is 10.4. The minimum atomic E-state index is -1.08. The van der Waals surface area contributed by atoms with Crippen LogP contribution in [0.2, 0.25) is 0 Å². The largest absolute Gasteiger partial charge is 0.478 e. The monoisotopic (exact) mass is 169 g/mol. The second kappa shape index (κ2) is 3.05. The van der Waals surface area contributed by atoms with Gasteiger partial charge >= 0.3 is 5.97 Å². The topological polar surface area (TPSA) is 86.1 Å². The fourth-order valence-electron chi connectivity index (χ4n) is 0.582. The third kappa shape index (κ3) is 1.49. The van der Waals surface area contributed by atoms with E-state index in [-0.39, 0.29) is 10.6 Å². The predicted molar refractivity (Wildman–Crippen MR) is 40.1 cm³/mol. The Morgan fingerprint density at radius 1 is 1.82 bits per heavy atom. The lowest BCUT2D eigenvalue weighted by molar-refractivity contribution is 0.0698. The van der Waals surface area contributed by atoms with Crippen LogP contribution in [0.25, 0.3) is 10.4 Å². The highest BCUT2D eigenvalue weighted by Crippen LogP contribution is 2.26. The van der Waals surface area contributed by atoms with E-state index in [4.69, 9.17) is 10.6 Å². The molecule has 0 aliphatic carbocycles. The SMILES string of the molecule is [N-]=[N+]=Nc1sccc1C(=O)O. The van der Waals surface area contributed by atoms with Crippen LogP contribution in [0.4, 0.5) is 5.00 Å². The van der Waals surface area contributed by atoms with Gasteiger partial charge in [0.25, 0.3) is 0 Å². The van der Waals surface area contributed by atoms with Gasteiger partial charge in [0.15, 0.2) is 0 Å². The van der Waals surface area contributed by atoms with Gasteiger partial charge in [-0.1, -0.05) is 0 Å². The van der Waals surface area contributed by atoms with Gasteiger partial charge in [0.2, 0.25) is 0 Å². The molecule has 0 aliphatic heterocycles. The Labute approximate surface area is 65.5 Å². The summed E-state index contributed by atoms with van der Waals surface area (Å²) < 4.78 is 0. The van der Waals surface area contributed by atoms with Crippen molar-refractivity contribution in [3.05, 3.63) is 27.5 Å². The van der Waals surface area contributed by atoms with Gasteiger partial charge in [0.05, 0.1) is 5.56 Å². The Balaban J connectivity index is 3.15. The van der Waals surface area contributed by atoms with Crippen LogP contribution in [0, 0.1) is 0 Å². The van der Waals surface area contributed by atoms with Crippen LogP contribution in [0.15, 0.2) is 16.6 Å². The highest BCUT2D eigenvalue weighted by atomic mass is 32.1. The summed E-state index contributed by atoms with van der Waals surface area (Å²) in [6.45, 7) is 0. The van der Waals surface area contributed by atoms with Crippen LogP contribution < -0.4 is 0 Å². The zero-order valence-electron chi connectivity index (χ0n) is 5.26. The summed E-state index contributed by atoms with van der Waals surface area (Å²) in [6, 6.07) is 1.40. The molecule has 1 rings (SSSR count). The molecule has 56 valence electrons. The molecule has 5 nitrogen and oxygen atoms in total.